The summed E-state index contributed by atoms with van der Waals surface area (Å²) < 4.78 is 18.8. The van der Waals surface area contributed by atoms with Gasteiger partial charge in [-0.3, -0.25) is 0 Å². The van der Waals surface area contributed by atoms with Crippen LogP contribution in [0.1, 0.15) is 5.56 Å². The first-order valence-electron chi connectivity index (χ1n) is 3.95. The van der Waals surface area contributed by atoms with Gasteiger partial charge in [0.05, 0.1) is 0 Å². The second-order valence-corrected chi connectivity index (χ2v) is 4.04. The van der Waals surface area contributed by atoms with Crippen LogP contribution in [0.2, 0.25) is 0 Å². The van der Waals surface area contributed by atoms with E-state index in [-0.39, 0.29) is 5.69 Å². The molecule has 0 aromatic heterocycles. The zero-order valence-corrected chi connectivity index (χ0v) is 10.6. The molecule has 2 N–H and O–H groups in total. The Bertz CT molecular complexity index is 376. The number of ether oxygens (including phenoxy) is 1. The monoisotopic (exact) mass is 363 g/mol. The van der Waals surface area contributed by atoms with Crippen LogP contribution >= 0.6 is 0 Å². The summed E-state index contributed by atoms with van der Waals surface area (Å²) >= 11 is 1.22. The van der Waals surface area contributed by atoms with Crippen molar-refractivity contribution in [2.45, 2.75) is 0 Å². The third-order valence-corrected chi connectivity index (χ3v) is 2.77. The second kappa shape index (κ2) is 5.18. The first-order chi connectivity index (χ1) is 6.65. The van der Waals surface area contributed by atoms with Crippen molar-refractivity contribution < 1.29 is 28.5 Å². The number of nitrogen functional groups attached to an aromatic ring is 1. The molecule has 0 unspecified atom stereocenters. The Labute approximate surface area is 93.0 Å². The van der Waals surface area contributed by atoms with Crippen molar-refractivity contribution in [1.29, 1.82) is 0 Å². The van der Waals surface area contributed by atoms with Crippen LogP contribution in [0.25, 0.3) is 6.08 Å². The molecule has 1 aromatic carbocycles. The van der Waals surface area contributed by atoms with Crippen LogP contribution in [-0.4, -0.2) is 11.2 Å². The van der Waals surface area contributed by atoms with E-state index < -0.39 is 5.82 Å². The van der Waals surface area contributed by atoms with Gasteiger partial charge in [-0.1, -0.05) is 0 Å². The molecule has 0 atom stereocenters. The molecule has 1 rings (SSSR count). The first-order valence-corrected chi connectivity index (χ1v) is 5.42. The Kier molecular flexibility index (Phi) is 4.17. The average molecular weight is 363 g/mol. The molecule has 0 radical (unpaired) electrons. The molecule has 0 aliphatic rings. The molecule has 4 heteroatoms. The SMILES string of the molecule is CO[C](=[W])/C=C/c1cccc(F)c1N. The van der Waals surface area contributed by atoms with Gasteiger partial charge < -0.3 is 0 Å². The van der Waals surface area contributed by atoms with Crippen molar-refractivity contribution in [2.75, 3.05) is 12.8 Å². The van der Waals surface area contributed by atoms with E-state index in [1.807, 2.05) is 0 Å². The van der Waals surface area contributed by atoms with E-state index in [1.165, 1.54) is 25.4 Å². The van der Waals surface area contributed by atoms with Gasteiger partial charge in [0, 0.05) is 0 Å². The quantitative estimate of drug-likeness (QED) is 0.831. The zero-order valence-electron chi connectivity index (χ0n) is 7.66. The average Bonchev–Trinajstić information content (AvgIpc) is 2.20. The Hall–Kier alpha value is -0.792. The summed E-state index contributed by atoms with van der Waals surface area (Å²) in [5, 5.41) is 0. The summed E-state index contributed by atoms with van der Waals surface area (Å²) in [5.41, 5.74) is 6.38. The molecule has 74 valence electrons. The minimum absolute atomic E-state index is 0.169. The predicted molar refractivity (Wildman–Crippen MR) is 51.9 cm³/mol. The number of nitrogens with two attached hydrogens (primary N) is 1. The molecule has 0 bridgehead atoms. The van der Waals surface area contributed by atoms with Gasteiger partial charge in [-0.15, -0.1) is 0 Å². The summed E-state index contributed by atoms with van der Waals surface area (Å²) in [6.07, 6.45) is 3.52. The van der Waals surface area contributed by atoms with E-state index in [4.69, 9.17) is 10.5 Å². The van der Waals surface area contributed by atoms with Gasteiger partial charge in [0.25, 0.3) is 0 Å². The fourth-order valence-electron chi connectivity index (χ4n) is 0.925. The number of methoxy groups -OCH3 is 1. The normalized spacial score (nSPS) is 10.7. The van der Waals surface area contributed by atoms with Crippen LogP contribution in [0.5, 0.6) is 0 Å². The van der Waals surface area contributed by atoms with Gasteiger partial charge in [-0.25, -0.2) is 0 Å². The fourth-order valence-corrected chi connectivity index (χ4v) is 1.17. The van der Waals surface area contributed by atoms with Crippen molar-refractivity contribution in [3.63, 3.8) is 0 Å². The topological polar surface area (TPSA) is 35.2 Å². The van der Waals surface area contributed by atoms with Gasteiger partial charge in [-0.05, 0) is 0 Å². The molecule has 0 heterocycles. The maximum absolute atomic E-state index is 13.0. The van der Waals surface area contributed by atoms with Gasteiger partial charge in [0.1, 0.15) is 0 Å². The summed E-state index contributed by atoms with van der Waals surface area (Å²) in [7, 11) is 1.60. The van der Waals surface area contributed by atoms with E-state index >= 15 is 0 Å². The summed E-state index contributed by atoms with van der Waals surface area (Å²) in [5.74, 6) is -0.394. The molecule has 2 nitrogen and oxygen atoms in total. The van der Waals surface area contributed by atoms with Crippen molar-refractivity contribution >= 4 is 15.8 Å². The fraction of sp³-hybridized carbons (Fsp3) is 0.100. The molecular weight excluding hydrogens is 353 g/mol. The van der Waals surface area contributed by atoms with Gasteiger partial charge in [-0.2, -0.15) is 0 Å². The van der Waals surface area contributed by atoms with Gasteiger partial charge in [0.15, 0.2) is 0 Å². The van der Waals surface area contributed by atoms with Crippen LogP contribution in [0.15, 0.2) is 24.3 Å². The Morgan fingerprint density at radius 3 is 2.93 bits per heavy atom. The molecule has 0 aliphatic carbocycles. The number of hydrogen-bond donors (Lipinski definition) is 1. The third kappa shape index (κ3) is 2.86. The van der Waals surface area contributed by atoms with Crippen LogP contribution in [-0.2, 0) is 24.1 Å². The second-order valence-electron chi connectivity index (χ2n) is 2.60. The molecule has 0 saturated carbocycles. The molecule has 14 heavy (non-hydrogen) atoms. The Morgan fingerprint density at radius 2 is 2.29 bits per heavy atom. The minimum atomic E-state index is -0.394. The van der Waals surface area contributed by atoms with E-state index in [0.717, 1.165) is 4.08 Å². The molecule has 0 amide bonds. The molecule has 0 aliphatic heterocycles. The van der Waals surface area contributed by atoms with Gasteiger partial charge >= 0.3 is 92.8 Å². The maximum atomic E-state index is 13.0. The molecule has 0 fully saturated rings. The third-order valence-electron chi connectivity index (χ3n) is 1.69. The number of benzene rings is 1. The predicted octanol–water partition coefficient (Wildman–Crippen LogP) is 1.74. The Balaban J connectivity index is 2.92. The summed E-state index contributed by atoms with van der Waals surface area (Å²) in [4.78, 5) is 0. The van der Waals surface area contributed by atoms with Crippen molar-refractivity contribution in [2.24, 2.45) is 0 Å². The number of anilines is 1. The first kappa shape index (κ1) is 11.3. The molecular formula is C10H10FNOW. The van der Waals surface area contributed by atoms with E-state index in [1.54, 1.807) is 31.4 Å². The van der Waals surface area contributed by atoms with Crippen molar-refractivity contribution in [3.8, 4) is 0 Å². The standard InChI is InChI=1S/C10H10FNO.W/c1-13-7-3-5-8-4-2-6-9(11)10(8)12;/h2-6H,12H2,1H3;/b5-3+;. The zero-order chi connectivity index (χ0) is 10.6. The van der Waals surface area contributed by atoms with Gasteiger partial charge in [0.2, 0.25) is 0 Å². The van der Waals surface area contributed by atoms with Crippen LogP contribution in [0.4, 0.5) is 10.1 Å². The van der Waals surface area contributed by atoms with Crippen LogP contribution < -0.4 is 5.73 Å². The van der Waals surface area contributed by atoms with Crippen molar-refractivity contribution in [3.05, 3.63) is 35.7 Å². The summed E-state index contributed by atoms with van der Waals surface area (Å²) in [6, 6.07) is 4.72. The van der Waals surface area contributed by atoms with Crippen LogP contribution in [0.3, 0.4) is 0 Å². The van der Waals surface area contributed by atoms with E-state index in [9.17, 15) is 4.39 Å². The summed E-state index contributed by atoms with van der Waals surface area (Å²) in [6.45, 7) is 0. The number of rotatable bonds is 3. The van der Waals surface area contributed by atoms with Crippen LogP contribution in [0, 0.1) is 5.82 Å². The number of hydrogen-bond acceptors (Lipinski definition) is 2. The number of halogens is 1. The Morgan fingerprint density at radius 1 is 1.57 bits per heavy atom. The number of para-hydroxylation sites is 1. The molecule has 0 spiro atoms. The van der Waals surface area contributed by atoms with E-state index in [0.29, 0.717) is 5.56 Å². The molecule has 1 aromatic rings. The van der Waals surface area contributed by atoms with Crippen molar-refractivity contribution in [1.82, 2.24) is 0 Å². The van der Waals surface area contributed by atoms with E-state index in [2.05, 4.69) is 0 Å². The molecule has 0 saturated heterocycles.